The van der Waals surface area contributed by atoms with Crippen LogP contribution in [0.3, 0.4) is 0 Å². The lowest BCUT2D eigenvalue weighted by Gasteiger charge is -2.09. The zero-order valence-corrected chi connectivity index (χ0v) is 20.8. The molecule has 3 aromatic rings. The van der Waals surface area contributed by atoms with Crippen LogP contribution in [0.2, 0.25) is 0 Å². The molecular formula is C29H32N2O5. The van der Waals surface area contributed by atoms with Gasteiger partial charge < -0.3 is 18.9 Å². The molecule has 0 N–H and O–H groups in total. The fourth-order valence-corrected chi connectivity index (χ4v) is 3.09. The van der Waals surface area contributed by atoms with Crippen LogP contribution in [-0.4, -0.2) is 26.3 Å². The van der Waals surface area contributed by atoms with Gasteiger partial charge >= 0.3 is 5.97 Å². The van der Waals surface area contributed by atoms with Gasteiger partial charge in [0.25, 0.3) is 0 Å². The third kappa shape index (κ3) is 9.25. The number of benzene rings is 3. The third-order valence-corrected chi connectivity index (χ3v) is 5.16. The maximum Gasteiger partial charge on any atom is 0.333 e. The molecule has 0 atom stereocenters. The second-order valence-corrected chi connectivity index (χ2v) is 8.15. The van der Waals surface area contributed by atoms with Crippen LogP contribution in [0.15, 0.2) is 95.2 Å². The van der Waals surface area contributed by atoms with Crippen molar-refractivity contribution in [2.24, 2.45) is 10.2 Å². The van der Waals surface area contributed by atoms with Crippen molar-refractivity contribution >= 4 is 17.3 Å². The number of carbonyl (C=O) groups excluding carboxylic acids is 1. The highest BCUT2D eigenvalue weighted by Gasteiger charge is 2.04. The van der Waals surface area contributed by atoms with Crippen molar-refractivity contribution in [1.82, 2.24) is 0 Å². The summed E-state index contributed by atoms with van der Waals surface area (Å²) in [5.41, 5.74) is 2.82. The van der Waals surface area contributed by atoms with E-state index in [0.29, 0.717) is 18.8 Å². The van der Waals surface area contributed by atoms with Gasteiger partial charge in [-0.2, -0.15) is 10.2 Å². The number of hydrogen-bond acceptors (Lipinski definition) is 7. The Labute approximate surface area is 212 Å². The fraction of sp³-hybridized carbons (Fsp3) is 0.276. The molecular weight excluding hydrogens is 456 g/mol. The van der Waals surface area contributed by atoms with Crippen molar-refractivity contribution in [1.29, 1.82) is 0 Å². The molecule has 0 amide bonds. The van der Waals surface area contributed by atoms with Crippen LogP contribution in [-0.2, 0) is 16.1 Å². The van der Waals surface area contributed by atoms with Crippen molar-refractivity contribution in [2.45, 2.75) is 32.8 Å². The molecule has 7 nitrogen and oxygen atoms in total. The van der Waals surface area contributed by atoms with Crippen LogP contribution in [0, 0.1) is 0 Å². The van der Waals surface area contributed by atoms with Gasteiger partial charge in [-0.25, -0.2) is 4.79 Å². The summed E-state index contributed by atoms with van der Waals surface area (Å²) in [6.45, 7) is 6.70. The molecule has 0 aliphatic rings. The Kier molecular flexibility index (Phi) is 10.5. The van der Waals surface area contributed by atoms with Gasteiger partial charge in [-0.3, -0.25) is 0 Å². The first-order chi connectivity index (χ1) is 17.5. The molecule has 3 rings (SSSR count). The average molecular weight is 489 g/mol. The van der Waals surface area contributed by atoms with Gasteiger partial charge in [0.2, 0.25) is 0 Å². The van der Waals surface area contributed by atoms with E-state index in [1.54, 1.807) is 14.0 Å². The minimum atomic E-state index is -0.386. The first-order valence-corrected chi connectivity index (χ1v) is 11.9. The van der Waals surface area contributed by atoms with E-state index in [1.165, 1.54) is 0 Å². The Morgan fingerprint density at radius 3 is 1.67 bits per heavy atom. The quantitative estimate of drug-likeness (QED) is 0.103. The molecule has 0 radical (unpaired) electrons. The summed E-state index contributed by atoms with van der Waals surface area (Å²) in [7, 11) is 1.63. The standard InChI is InChI=1S/C29H32N2O5/c1-22(2)29(32)36-21-23-7-13-27(14-8-23)34-19-5-4-6-20-35-28-17-11-25(12-18-28)31-30-24-9-15-26(33-3)16-10-24/h7-18H,1,4-6,19-21H2,2-3H3. The molecule has 0 aliphatic carbocycles. The number of carbonyl (C=O) groups is 1. The van der Waals surface area contributed by atoms with Crippen LogP contribution in [0.4, 0.5) is 11.4 Å². The Morgan fingerprint density at radius 2 is 1.19 bits per heavy atom. The average Bonchev–Trinajstić information content (AvgIpc) is 2.91. The largest absolute Gasteiger partial charge is 0.497 e. The van der Waals surface area contributed by atoms with E-state index in [9.17, 15) is 4.79 Å². The smallest absolute Gasteiger partial charge is 0.333 e. The van der Waals surface area contributed by atoms with E-state index in [4.69, 9.17) is 18.9 Å². The zero-order chi connectivity index (χ0) is 25.6. The van der Waals surface area contributed by atoms with E-state index >= 15 is 0 Å². The van der Waals surface area contributed by atoms with Crippen molar-refractivity contribution in [3.8, 4) is 17.2 Å². The Morgan fingerprint density at radius 1 is 0.722 bits per heavy atom. The fourth-order valence-electron chi connectivity index (χ4n) is 3.09. The number of esters is 1. The number of hydrogen-bond donors (Lipinski definition) is 0. The SMILES string of the molecule is C=C(C)C(=O)OCc1ccc(OCCCCCOc2ccc(N=Nc3ccc(OC)cc3)cc2)cc1. The van der Waals surface area contributed by atoms with Crippen molar-refractivity contribution in [3.05, 3.63) is 90.5 Å². The lowest BCUT2D eigenvalue weighted by Crippen LogP contribution is -2.05. The van der Waals surface area contributed by atoms with Gasteiger partial charge in [-0.15, -0.1) is 0 Å². The molecule has 0 unspecified atom stereocenters. The maximum absolute atomic E-state index is 11.4. The molecule has 0 saturated carbocycles. The predicted molar refractivity (Wildman–Crippen MR) is 140 cm³/mol. The Hall–Kier alpha value is -4.13. The minimum Gasteiger partial charge on any atom is -0.497 e. The number of azo groups is 1. The number of unbranched alkanes of at least 4 members (excludes halogenated alkanes) is 2. The number of nitrogens with zero attached hydrogens (tertiary/aromatic N) is 2. The molecule has 188 valence electrons. The van der Waals surface area contributed by atoms with E-state index in [-0.39, 0.29) is 12.6 Å². The highest BCUT2D eigenvalue weighted by atomic mass is 16.5. The second-order valence-electron chi connectivity index (χ2n) is 8.15. The first-order valence-electron chi connectivity index (χ1n) is 11.9. The molecule has 0 saturated heterocycles. The van der Waals surface area contributed by atoms with E-state index in [1.807, 2.05) is 72.8 Å². The molecule has 0 heterocycles. The van der Waals surface area contributed by atoms with Crippen LogP contribution in [0.5, 0.6) is 17.2 Å². The van der Waals surface area contributed by atoms with Crippen molar-refractivity contribution in [2.75, 3.05) is 20.3 Å². The lowest BCUT2D eigenvalue weighted by atomic mass is 10.2. The van der Waals surface area contributed by atoms with Gasteiger partial charge in [-0.05, 0) is 92.4 Å². The van der Waals surface area contributed by atoms with Gasteiger partial charge in [0.05, 0.1) is 31.7 Å². The van der Waals surface area contributed by atoms with Gasteiger partial charge in [-0.1, -0.05) is 18.7 Å². The van der Waals surface area contributed by atoms with Gasteiger partial charge in [0.15, 0.2) is 0 Å². The maximum atomic E-state index is 11.4. The summed E-state index contributed by atoms with van der Waals surface area (Å²) in [5.74, 6) is 2.01. The summed E-state index contributed by atoms with van der Waals surface area (Å²) in [6, 6.07) is 22.5. The topological polar surface area (TPSA) is 78.7 Å². The lowest BCUT2D eigenvalue weighted by molar-refractivity contribution is -0.140. The molecule has 3 aromatic carbocycles. The summed E-state index contributed by atoms with van der Waals surface area (Å²) in [5, 5.41) is 8.48. The summed E-state index contributed by atoms with van der Waals surface area (Å²) >= 11 is 0. The van der Waals surface area contributed by atoms with Gasteiger partial charge in [0, 0.05) is 5.57 Å². The third-order valence-electron chi connectivity index (χ3n) is 5.16. The highest BCUT2D eigenvalue weighted by Crippen LogP contribution is 2.23. The monoisotopic (exact) mass is 488 g/mol. The number of ether oxygens (including phenoxy) is 4. The highest BCUT2D eigenvalue weighted by molar-refractivity contribution is 5.86. The van der Waals surface area contributed by atoms with Crippen LogP contribution in [0.25, 0.3) is 0 Å². The first kappa shape index (κ1) is 26.5. The van der Waals surface area contributed by atoms with Crippen LogP contribution in [0.1, 0.15) is 31.7 Å². The van der Waals surface area contributed by atoms with E-state index < -0.39 is 0 Å². The normalized spacial score (nSPS) is 10.7. The summed E-state index contributed by atoms with van der Waals surface area (Å²) < 4.78 is 21.9. The molecule has 0 aliphatic heterocycles. The second kappa shape index (κ2) is 14.3. The molecule has 0 bridgehead atoms. The summed E-state index contributed by atoms with van der Waals surface area (Å²) in [4.78, 5) is 11.4. The molecule has 0 fully saturated rings. The Bertz CT molecular complexity index is 1120. The Balaban J connectivity index is 1.27. The predicted octanol–water partition coefficient (Wildman–Crippen LogP) is 7.36. The molecule has 7 heteroatoms. The van der Waals surface area contributed by atoms with Gasteiger partial charge in [0.1, 0.15) is 23.9 Å². The summed E-state index contributed by atoms with van der Waals surface area (Å²) in [6.07, 6.45) is 2.88. The molecule has 0 aromatic heterocycles. The van der Waals surface area contributed by atoms with Crippen LogP contribution < -0.4 is 14.2 Å². The number of rotatable bonds is 14. The van der Waals surface area contributed by atoms with Crippen molar-refractivity contribution < 1.29 is 23.7 Å². The minimum absolute atomic E-state index is 0.225. The van der Waals surface area contributed by atoms with E-state index in [0.717, 1.165) is 53.4 Å². The molecule has 36 heavy (non-hydrogen) atoms. The van der Waals surface area contributed by atoms with Crippen molar-refractivity contribution in [3.63, 3.8) is 0 Å². The molecule has 0 spiro atoms. The number of methoxy groups -OCH3 is 1. The zero-order valence-electron chi connectivity index (χ0n) is 20.8. The van der Waals surface area contributed by atoms with E-state index in [2.05, 4.69) is 16.8 Å². The van der Waals surface area contributed by atoms with Crippen LogP contribution >= 0.6 is 0 Å².